The molecule has 0 spiro atoms. The Labute approximate surface area is 67.7 Å². The van der Waals surface area contributed by atoms with Crippen LogP contribution in [0.15, 0.2) is 12.3 Å². The van der Waals surface area contributed by atoms with Gasteiger partial charge in [0.05, 0.1) is 0 Å². The minimum Gasteiger partial charge on any atom is -0.333 e. The van der Waals surface area contributed by atoms with Gasteiger partial charge < -0.3 is 5.32 Å². The normalized spacial score (nSPS) is 26.4. The number of rotatable bonds is 2. The van der Waals surface area contributed by atoms with Crippen LogP contribution in [0, 0.1) is 11.8 Å². The molecule has 1 aliphatic rings. The Hall–Kier alpha value is -0.790. The molecule has 1 amide bonds. The Morgan fingerprint density at radius 3 is 3.09 bits per heavy atom. The van der Waals surface area contributed by atoms with Gasteiger partial charge in [0.15, 0.2) is 0 Å². The summed E-state index contributed by atoms with van der Waals surface area (Å²) in [5.74, 6) is 0.881. The fourth-order valence-corrected chi connectivity index (χ4v) is 1.35. The molecule has 2 unspecified atom stereocenters. The van der Waals surface area contributed by atoms with E-state index >= 15 is 0 Å². The summed E-state index contributed by atoms with van der Waals surface area (Å²) in [5, 5.41) is 2.73. The Morgan fingerprint density at radius 2 is 2.55 bits per heavy atom. The second-order valence-corrected chi connectivity index (χ2v) is 3.14. The molecule has 0 aromatic rings. The van der Waals surface area contributed by atoms with E-state index in [9.17, 15) is 4.79 Å². The van der Waals surface area contributed by atoms with Crippen LogP contribution in [-0.2, 0) is 4.79 Å². The lowest BCUT2D eigenvalue weighted by Crippen LogP contribution is -2.33. The molecular weight excluding hydrogens is 138 g/mol. The number of allylic oxidation sites excluding steroid dienone is 1. The van der Waals surface area contributed by atoms with Gasteiger partial charge >= 0.3 is 0 Å². The molecule has 2 nitrogen and oxygen atoms in total. The van der Waals surface area contributed by atoms with Crippen LogP contribution in [-0.4, -0.2) is 5.91 Å². The predicted molar refractivity (Wildman–Crippen MR) is 44.8 cm³/mol. The second-order valence-electron chi connectivity index (χ2n) is 3.14. The Balaban J connectivity index is 2.56. The lowest BCUT2D eigenvalue weighted by atomic mass is 9.87. The van der Waals surface area contributed by atoms with Crippen molar-refractivity contribution in [1.82, 2.24) is 5.32 Å². The minimum absolute atomic E-state index is 0.182. The van der Waals surface area contributed by atoms with E-state index in [-0.39, 0.29) is 11.8 Å². The molecule has 1 rings (SSSR count). The van der Waals surface area contributed by atoms with Crippen LogP contribution < -0.4 is 5.32 Å². The van der Waals surface area contributed by atoms with Crippen molar-refractivity contribution in [2.75, 3.05) is 0 Å². The largest absolute Gasteiger partial charge is 0.333 e. The summed E-state index contributed by atoms with van der Waals surface area (Å²) in [5.41, 5.74) is 0. The Kier molecular flexibility index (Phi) is 2.69. The Bertz CT molecular complexity index is 174. The van der Waals surface area contributed by atoms with E-state index in [1.165, 1.54) is 0 Å². The highest BCUT2D eigenvalue weighted by atomic mass is 16.1. The van der Waals surface area contributed by atoms with E-state index in [1.54, 1.807) is 6.20 Å². The average molecular weight is 153 g/mol. The molecule has 62 valence electrons. The van der Waals surface area contributed by atoms with Crippen molar-refractivity contribution in [3.05, 3.63) is 12.3 Å². The molecule has 1 N–H and O–H groups in total. The third-order valence-electron chi connectivity index (χ3n) is 2.40. The van der Waals surface area contributed by atoms with Crippen LogP contribution >= 0.6 is 0 Å². The second kappa shape index (κ2) is 3.56. The van der Waals surface area contributed by atoms with E-state index in [4.69, 9.17) is 0 Å². The van der Waals surface area contributed by atoms with Gasteiger partial charge in [0, 0.05) is 5.92 Å². The molecule has 0 saturated heterocycles. The van der Waals surface area contributed by atoms with E-state index in [1.807, 2.05) is 6.08 Å². The molecule has 0 radical (unpaired) electrons. The lowest BCUT2D eigenvalue weighted by molar-refractivity contribution is -0.125. The fourth-order valence-electron chi connectivity index (χ4n) is 1.35. The fraction of sp³-hybridized carbons (Fsp3) is 0.667. The smallest absolute Gasteiger partial charge is 0.227 e. The van der Waals surface area contributed by atoms with Crippen molar-refractivity contribution < 1.29 is 4.79 Å². The average Bonchev–Trinajstić information content (AvgIpc) is 2.04. The third kappa shape index (κ3) is 1.82. The highest BCUT2D eigenvalue weighted by Crippen LogP contribution is 2.21. The predicted octanol–water partition coefficient (Wildman–Crippen LogP) is 1.68. The van der Waals surface area contributed by atoms with Crippen molar-refractivity contribution in [3.8, 4) is 0 Å². The molecule has 1 aliphatic heterocycles. The van der Waals surface area contributed by atoms with Gasteiger partial charge in [-0.3, -0.25) is 4.79 Å². The van der Waals surface area contributed by atoms with Crippen LogP contribution in [0.1, 0.15) is 26.7 Å². The van der Waals surface area contributed by atoms with Crippen LogP contribution in [0.3, 0.4) is 0 Å². The van der Waals surface area contributed by atoms with E-state index in [0.29, 0.717) is 5.92 Å². The van der Waals surface area contributed by atoms with Gasteiger partial charge in [-0.1, -0.05) is 26.3 Å². The van der Waals surface area contributed by atoms with Crippen molar-refractivity contribution in [2.24, 2.45) is 11.8 Å². The molecule has 0 bridgehead atoms. The molecule has 2 atom stereocenters. The number of hydrogen-bond acceptors (Lipinski definition) is 1. The number of hydrogen-bond donors (Lipinski definition) is 1. The van der Waals surface area contributed by atoms with Crippen molar-refractivity contribution in [1.29, 1.82) is 0 Å². The molecule has 0 fully saturated rings. The van der Waals surface area contributed by atoms with E-state index in [0.717, 1.165) is 12.8 Å². The van der Waals surface area contributed by atoms with Gasteiger partial charge in [0.25, 0.3) is 0 Å². The summed E-state index contributed by atoms with van der Waals surface area (Å²) in [6.07, 6.45) is 5.74. The molecule has 1 heterocycles. The maximum atomic E-state index is 11.2. The summed E-state index contributed by atoms with van der Waals surface area (Å²) in [6, 6.07) is 0. The first kappa shape index (κ1) is 8.31. The summed E-state index contributed by atoms with van der Waals surface area (Å²) < 4.78 is 0. The van der Waals surface area contributed by atoms with Gasteiger partial charge in [-0.25, -0.2) is 0 Å². The number of carbonyl (C=O) groups excluding carboxylic acids is 1. The van der Waals surface area contributed by atoms with Gasteiger partial charge in [-0.15, -0.1) is 0 Å². The van der Waals surface area contributed by atoms with E-state index < -0.39 is 0 Å². The molecule has 0 aliphatic carbocycles. The van der Waals surface area contributed by atoms with Crippen LogP contribution in [0.2, 0.25) is 0 Å². The summed E-state index contributed by atoms with van der Waals surface area (Å²) >= 11 is 0. The standard InChI is InChI=1S/C9H15NO/c1-3-7(2)8-5-4-6-10-9(8)11/h4,6-8H,3,5H2,1-2H3,(H,10,11). The molecule has 0 aromatic carbocycles. The molecular formula is C9H15NO. The molecule has 0 aromatic heterocycles. The van der Waals surface area contributed by atoms with E-state index in [2.05, 4.69) is 19.2 Å². The maximum absolute atomic E-state index is 11.2. The zero-order valence-corrected chi connectivity index (χ0v) is 7.13. The number of nitrogens with one attached hydrogen (secondary N) is 1. The highest BCUT2D eigenvalue weighted by molar-refractivity contribution is 5.80. The molecule has 0 saturated carbocycles. The number of amides is 1. The first-order valence-corrected chi connectivity index (χ1v) is 4.21. The first-order valence-electron chi connectivity index (χ1n) is 4.21. The number of carbonyl (C=O) groups is 1. The van der Waals surface area contributed by atoms with Gasteiger partial charge in [0.1, 0.15) is 0 Å². The van der Waals surface area contributed by atoms with Crippen LogP contribution in [0.5, 0.6) is 0 Å². The zero-order chi connectivity index (χ0) is 8.27. The van der Waals surface area contributed by atoms with Crippen LogP contribution in [0.4, 0.5) is 0 Å². The van der Waals surface area contributed by atoms with Gasteiger partial charge in [0.2, 0.25) is 5.91 Å². The van der Waals surface area contributed by atoms with Crippen molar-refractivity contribution in [3.63, 3.8) is 0 Å². The third-order valence-corrected chi connectivity index (χ3v) is 2.40. The summed E-state index contributed by atoms with van der Waals surface area (Å²) in [4.78, 5) is 11.2. The molecule has 11 heavy (non-hydrogen) atoms. The van der Waals surface area contributed by atoms with Crippen molar-refractivity contribution in [2.45, 2.75) is 26.7 Å². The topological polar surface area (TPSA) is 29.1 Å². The van der Waals surface area contributed by atoms with Crippen LogP contribution in [0.25, 0.3) is 0 Å². The Morgan fingerprint density at radius 1 is 1.82 bits per heavy atom. The summed E-state index contributed by atoms with van der Waals surface area (Å²) in [7, 11) is 0. The maximum Gasteiger partial charge on any atom is 0.227 e. The molecule has 2 heteroatoms. The van der Waals surface area contributed by atoms with Gasteiger partial charge in [-0.05, 0) is 18.5 Å². The summed E-state index contributed by atoms with van der Waals surface area (Å²) in [6.45, 7) is 4.25. The monoisotopic (exact) mass is 153 g/mol. The van der Waals surface area contributed by atoms with Crippen molar-refractivity contribution >= 4 is 5.91 Å². The quantitative estimate of drug-likeness (QED) is 0.642. The minimum atomic E-state index is 0.182. The lowest BCUT2D eigenvalue weighted by Gasteiger charge is -2.22. The SMILES string of the molecule is CCC(C)C1CC=CNC1=O. The first-order chi connectivity index (χ1) is 5.25. The van der Waals surface area contributed by atoms with Gasteiger partial charge in [-0.2, -0.15) is 0 Å². The highest BCUT2D eigenvalue weighted by Gasteiger charge is 2.23. The zero-order valence-electron chi connectivity index (χ0n) is 7.13.